The molecule has 0 unspecified atom stereocenters. The summed E-state index contributed by atoms with van der Waals surface area (Å²) in [6.07, 6.45) is 3.66. The van der Waals surface area contributed by atoms with Gasteiger partial charge in [-0.05, 0) is 48.0 Å². The number of nitrogens with zero attached hydrogens (tertiary/aromatic N) is 2. The van der Waals surface area contributed by atoms with Crippen LogP contribution in [0.15, 0.2) is 59.6 Å². The number of carboxylic acids is 1. The molecule has 1 fully saturated rings. The highest BCUT2D eigenvalue weighted by Gasteiger charge is 2.33. The summed E-state index contributed by atoms with van der Waals surface area (Å²) in [5.74, 6) is -1.49. The molecule has 0 saturated carbocycles. The molecule has 1 aromatic heterocycles. The minimum Gasteiger partial charge on any atom is -0.545 e. The van der Waals surface area contributed by atoms with Crippen LogP contribution in [0.25, 0.3) is 17.0 Å². The molecule has 29 heavy (non-hydrogen) atoms. The van der Waals surface area contributed by atoms with Crippen molar-refractivity contribution in [3.63, 3.8) is 0 Å². The van der Waals surface area contributed by atoms with Gasteiger partial charge >= 0.3 is 0 Å². The van der Waals surface area contributed by atoms with E-state index >= 15 is 0 Å². The van der Waals surface area contributed by atoms with Crippen LogP contribution in [-0.4, -0.2) is 33.1 Å². The molecule has 2 amide bonds. The Morgan fingerprint density at radius 1 is 1.14 bits per heavy atom. The molecule has 0 N–H and O–H groups in total. The Morgan fingerprint density at radius 2 is 1.93 bits per heavy atom. The largest absolute Gasteiger partial charge is 0.545 e. The molecule has 146 valence electrons. The molecule has 1 aliphatic rings. The maximum absolute atomic E-state index is 12.4. The summed E-state index contributed by atoms with van der Waals surface area (Å²) in [5.41, 5.74) is 2.74. The van der Waals surface area contributed by atoms with Gasteiger partial charge in [0.05, 0.1) is 10.9 Å². The van der Waals surface area contributed by atoms with Crippen molar-refractivity contribution in [2.75, 3.05) is 6.54 Å². The number of carbonyl (C=O) groups excluding carboxylic acids is 3. The fourth-order valence-electron chi connectivity index (χ4n) is 3.43. The number of carboxylic acid groups (broad SMARTS) is 1. The highest BCUT2D eigenvalue weighted by molar-refractivity contribution is 8.18. The van der Waals surface area contributed by atoms with Crippen molar-refractivity contribution in [1.82, 2.24) is 9.47 Å². The van der Waals surface area contributed by atoms with Crippen molar-refractivity contribution >= 4 is 45.9 Å². The van der Waals surface area contributed by atoms with Gasteiger partial charge in [0.25, 0.3) is 11.1 Å². The van der Waals surface area contributed by atoms with E-state index in [1.54, 1.807) is 25.1 Å². The number of para-hydroxylation sites is 1. The zero-order chi connectivity index (χ0) is 20.5. The lowest BCUT2D eigenvalue weighted by atomic mass is 10.1. The number of hydrogen-bond acceptors (Lipinski definition) is 5. The molecule has 0 aliphatic carbocycles. The third-order valence-electron chi connectivity index (χ3n) is 4.81. The molecule has 1 saturated heterocycles. The van der Waals surface area contributed by atoms with Gasteiger partial charge in [-0.15, -0.1) is 0 Å². The zero-order valence-corrected chi connectivity index (χ0v) is 16.4. The summed E-state index contributed by atoms with van der Waals surface area (Å²) >= 11 is 0.945. The highest BCUT2D eigenvalue weighted by Crippen LogP contribution is 2.34. The normalized spacial score (nSPS) is 15.6. The number of likely N-dealkylation sites (N-methyl/N-ethyl adjacent to an activating group) is 1. The van der Waals surface area contributed by atoms with Gasteiger partial charge in [-0.1, -0.05) is 36.4 Å². The van der Waals surface area contributed by atoms with Gasteiger partial charge in [-0.2, -0.15) is 0 Å². The lowest BCUT2D eigenvalue weighted by Gasteiger charge is -2.08. The van der Waals surface area contributed by atoms with Gasteiger partial charge in [0.15, 0.2) is 0 Å². The van der Waals surface area contributed by atoms with Crippen LogP contribution in [0.2, 0.25) is 0 Å². The number of hydrogen-bond donors (Lipinski definition) is 0. The van der Waals surface area contributed by atoms with Crippen molar-refractivity contribution in [1.29, 1.82) is 0 Å². The van der Waals surface area contributed by atoms with Gasteiger partial charge in [0, 0.05) is 35.8 Å². The number of carbonyl (C=O) groups is 3. The molecule has 0 atom stereocenters. The fraction of sp³-hybridized carbons (Fsp3) is 0.136. The molecular formula is C22H17N2O4S-. The van der Waals surface area contributed by atoms with E-state index < -0.39 is 5.97 Å². The molecular weight excluding hydrogens is 388 g/mol. The second kappa shape index (κ2) is 7.60. The average Bonchev–Trinajstić information content (AvgIpc) is 3.19. The lowest BCUT2D eigenvalue weighted by molar-refractivity contribution is -0.255. The standard InChI is InChI=1S/C22H18N2O4S/c1-2-24-20(25)19(29-22(24)28)11-16-13-23(18-9-4-3-8-17(16)18)12-14-6-5-7-15(10-14)21(26)27/h3-11,13H,2,12H2,1H3,(H,26,27)/p-1/b19-11+. The minimum atomic E-state index is -1.21. The van der Waals surface area contributed by atoms with E-state index in [0.717, 1.165) is 33.8 Å². The molecule has 0 bridgehead atoms. The number of aromatic nitrogens is 1. The lowest BCUT2D eigenvalue weighted by Crippen LogP contribution is -2.27. The summed E-state index contributed by atoms with van der Waals surface area (Å²) in [6.45, 7) is 2.58. The van der Waals surface area contributed by atoms with E-state index in [0.29, 0.717) is 18.0 Å². The fourth-order valence-corrected chi connectivity index (χ4v) is 4.32. The SMILES string of the molecule is CCN1C(=O)S/C(=C/c2cn(Cc3cccc(C(=O)[O-])c3)c3ccccc23)C1=O. The summed E-state index contributed by atoms with van der Waals surface area (Å²) in [5, 5.41) is 11.8. The van der Waals surface area contributed by atoms with Gasteiger partial charge in [0.1, 0.15) is 0 Å². The maximum Gasteiger partial charge on any atom is 0.293 e. The van der Waals surface area contributed by atoms with E-state index in [1.807, 2.05) is 41.1 Å². The predicted octanol–water partition coefficient (Wildman–Crippen LogP) is 3.11. The zero-order valence-electron chi connectivity index (χ0n) is 15.6. The van der Waals surface area contributed by atoms with Crippen LogP contribution in [0.3, 0.4) is 0 Å². The first-order valence-electron chi connectivity index (χ1n) is 9.11. The molecule has 0 radical (unpaired) electrons. The Bertz CT molecular complexity index is 1180. The summed E-state index contributed by atoms with van der Waals surface area (Å²) in [4.78, 5) is 37.2. The quantitative estimate of drug-likeness (QED) is 0.609. The first kappa shape index (κ1) is 19.0. The van der Waals surface area contributed by atoms with E-state index in [2.05, 4.69) is 0 Å². The first-order chi connectivity index (χ1) is 14.0. The van der Waals surface area contributed by atoms with Crippen LogP contribution in [-0.2, 0) is 11.3 Å². The van der Waals surface area contributed by atoms with E-state index in [9.17, 15) is 19.5 Å². The van der Waals surface area contributed by atoms with Crippen LogP contribution >= 0.6 is 11.8 Å². The van der Waals surface area contributed by atoms with E-state index in [1.165, 1.54) is 11.0 Å². The monoisotopic (exact) mass is 405 g/mol. The maximum atomic E-state index is 12.4. The van der Waals surface area contributed by atoms with E-state index in [4.69, 9.17) is 0 Å². The van der Waals surface area contributed by atoms with Crippen molar-refractivity contribution in [2.45, 2.75) is 13.5 Å². The Balaban J connectivity index is 1.74. The van der Waals surface area contributed by atoms with Crippen LogP contribution in [0.5, 0.6) is 0 Å². The molecule has 1 aliphatic heterocycles. The second-order valence-corrected chi connectivity index (χ2v) is 7.64. The molecule has 6 nitrogen and oxygen atoms in total. The topological polar surface area (TPSA) is 82.4 Å². The molecule has 3 aromatic rings. The second-order valence-electron chi connectivity index (χ2n) is 6.64. The van der Waals surface area contributed by atoms with Gasteiger partial charge in [-0.3, -0.25) is 14.5 Å². The number of benzene rings is 2. The van der Waals surface area contributed by atoms with Crippen molar-refractivity contribution in [3.8, 4) is 0 Å². The first-order valence-corrected chi connectivity index (χ1v) is 9.93. The van der Waals surface area contributed by atoms with Gasteiger partial charge in [0.2, 0.25) is 0 Å². The third kappa shape index (κ3) is 3.56. The predicted molar refractivity (Wildman–Crippen MR) is 110 cm³/mol. The van der Waals surface area contributed by atoms with Gasteiger partial charge < -0.3 is 14.5 Å². The van der Waals surface area contributed by atoms with Crippen molar-refractivity contribution in [2.24, 2.45) is 0 Å². The number of thioether (sulfide) groups is 1. The molecule has 7 heteroatoms. The van der Waals surface area contributed by atoms with Crippen LogP contribution in [0.1, 0.15) is 28.4 Å². The molecule has 0 spiro atoms. The molecule has 2 heterocycles. The van der Waals surface area contributed by atoms with Crippen LogP contribution in [0, 0.1) is 0 Å². The number of amides is 2. The Labute approximate surface area is 171 Å². The van der Waals surface area contributed by atoms with E-state index in [-0.39, 0.29) is 16.7 Å². The Hall–Kier alpha value is -3.32. The van der Waals surface area contributed by atoms with Gasteiger partial charge in [-0.25, -0.2) is 0 Å². The number of fused-ring (bicyclic) bond motifs is 1. The number of rotatable bonds is 5. The van der Waals surface area contributed by atoms with Crippen LogP contribution in [0.4, 0.5) is 4.79 Å². The minimum absolute atomic E-state index is 0.132. The molecule has 4 rings (SSSR count). The van der Waals surface area contributed by atoms with Crippen LogP contribution < -0.4 is 5.11 Å². The summed E-state index contributed by atoms with van der Waals surface area (Å²) in [7, 11) is 0. The number of aromatic carboxylic acids is 1. The Kier molecular flexibility index (Phi) is 4.98. The Morgan fingerprint density at radius 3 is 2.66 bits per heavy atom. The number of imide groups is 1. The molecule has 2 aromatic carbocycles. The summed E-state index contributed by atoms with van der Waals surface area (Å²) < 4.78 is 2.00. The highest BCUT2D eigenvalue weighted by atomic mass is 32.2. The van der Waals surface area contributed by atoms with Crippen molar-refractivity contribution in [3.05, 3.63) is 76.3 Å². The van der Waals surface area contributed by atoms with Crippen molar-refractivity contribution < 1.29 is 19.5 Å². The summed E-state index contributed by atoms with van der Waals surface area (Å²) in [6, 6.07) is 14.4. The average molecular weight is 405 g/mol. The smallest absolute Gasteiger partial charge is 0.293 e. The third-order valence-corrected chi connectivity index (χ3v) is 5.72.